The van der Waals surface area contributed by atoms with E-state index in [1.165, 1.54) is 22.3 Å². The molecule has 0 atom stereocenters. The lowest BCUT2D eigenvalue weighted by Gasteiger charge is -2.15. The first-order valence-corrected chi connectivity index (χ1v) is 7.49. The average molecular weight is 308 g/mol. The average Bonchev–Trinajstić information content (AvgIpc) is 2.95. The molecule has 1 aromatic carbocycles. The van der Waals surface area contributed by atoms with Crippen LogP contribution in [0.15, 0.2) is 24.3 Å². The molecule has 0 saturated heterocycles. The zero-order valence-corrected chi connectivity index (χ0v) is 12.8. The van der Waals surface area contributed by atoms with Crippen LogP contribution in [0.3, 0.4) is 0 Å². The number of benzene rings is 1. The zero-order chi connectivity index (χ0) is 15.2. The maximum Gasteiger partial charge on any atom is 0.284 e. The third kappa shape index (κ3) is 3.98. The lowest BCUT2D eigenvalue weighted by atomic mass is 10.2. The Labute approximate surface area is 126 Å². The maximum absolute atomic E-state index is 13.6. The molecule has 1 aromatic heterocycles. The second-order valence-corrected chi connectivity index (χ2v) is 5.57. The highest BCUT2D eigenvalue weighted by Crippen LogP contribution is 2.18. The summed E-state index contributed by atoms with van der Waals surface area (Å²) < 4.78 is 13.6. The molecule has 112 valence electrons. The normalized spacial score (nSPS) is 10.4. The molecule has 21 heavy (non-hydrogen) atoms. The molecule has 0 saturated carbocycles. The lowest BCUT2D eigenvalue weighted by Crippen LogP contribution is -2.26. The summed E-state index contributed by atoms with van der Waals surface area (Å²) in [6, 6.07) is 6.41. The van der Waals surface area contributed by atoms with E-state index in [2.05, 4.69) is 15.5 Å². The second-order valence-electron chi connectivity index (χ2n) is 4.59. The Morgan fingerprint density at radius 1 is 1.38 bits per heavy atom. The number of nitrogens with one attached hydrogen (secondary N) is 1. The van der Waals surface area contributed by atoms with Gasteiger partial charge >= 0.3 is 0 Å². The van der Waals surface area contributed by atoms with Crippen LogP contribution in [0.25, 0.3) is 0 Å². The van der Waals surface area contributed by atoms with Gasteiger partial charge < -0.3 is 10.2 Å². The smallest absolute Gasteiger partial charge is 0.284 e. The second kappa shape index (κ2) is 7.12. The molecule has 1 heterocycles. The predicted octanol–water partition coefficient (Wildman–Crippen LogP) is 2.77. The van der Waals surface area contributed by atoms with Gasteiger partial charge in [-0.2, -0.15) is 0 Å². The van der Waals surface area contributed by atoms with Gasteiger partial charge in [0.1, 0.15) is 5.82 Å². The summed E-state index contributed by atoms with van der Waals surface area (Å²) in [5.41, 5.74) is 0.474. The Balaban J connectivity index is 2.02. The van der Waals surface area contributed by atoms with Crippen LogP contribution in [0.2, 0.25) is 0 Å². The Kier molecular flexibility index (Phi) is 5.21. The molecule has 7 heteroatoms. The molecule has 0 unspecified atom stereocenters. The quantitative estimate of drug-likeness (QED) is 0.891. The van der Waals surface area contributed by atoms with E-state index in [0.717, 1.165) is 13.0 Å². The number of hydrogen-bond donors (Lipinski definition) is 1. The van der Waals surface area contributed by atoms with Crippen LogP contribution in [0, 0.1) is 5.82 Å². The van der Waals surface area contributed by atoms with E-state index < -0.39 is 0 Å². The van der Waals surface area contributed by atoms with Gasteiger partial charge in [-0.25, -0.2) is 4.39 Å². The van der Waals surface area contributed by atoms with Gasteiger partial charge in [-0.3, -0.25) is 4.79 Å². The topological polar surface area (TPSA) is 58.1 Å². The molecule has 0 radical (unpaired) electrons. The summed E-state index contributed by atoms with van der Waals surface area (Å²) in [5, 5.41) is 11.8. The van der Waals surface area contributed by atoms with Crippen molar-refractivity contribution in [3.05, 3.63) is 40.7 Å². The molecule has 0 aliphatic carbocycles. The van der Waals surface area contributed by atoms with Crippen molar-refractivity contribution in [1.82, 2.24) is 15.1 Å². The number of carbonyl (C=O) groups excluding carboxylic acids is 1. The van der Waals surface area contributed by atoms with Crippen LogP contribution >= 0.6 is 11.3 Å². The van der Waals surface area contributed by atoms with Crippen LogP contribution in [0.4, 0.5) is 9.52 Å². The van der Waals surface area contributed by atoms with E-state index in [4.69, 9.17) is 0 Å². The molecule has 0 fully saturated rings. The molecule has 1 N–H and O–H groups in total. The SMILES string of the molecule is CCCNc1nnc(C(=O)N(C)Cc2ccccc2F)s1. The van der Waals surface area contributed by atoms with Gasteiger partial charge in [0.15, 0.2) is 0 Å². The number of nitrogens with zero attached hydrogens (tertiary/aromatic N) is 3. The largest absolute Gasteiger partial charge is 0.360 e. The molecular weight excluding hydrogens is 291 g/mol. The van der Waals surface area contributed by atoms with Gasteiger partial charge in [0.25, 0.3) is 5.91 Å². The van der Waals surface area contributed by atoms with Gasteiger partial charge in [0, 0.05) is 25.7 Å². The van der Waals surface area contributed by atoms with Crippen molar-refractivity contribution in [2.24, 2.45) is 0 Å². The van der Waals surface area contributed by atoms with Crippen molar-refractivity contribution in [3.63, 3.8) is 0 Å². The minimum absolute atomic E-state index is 0.197. The Morgan fingerprint density at radius 2 is 2.14 bits per heavy atom. The van der Waals surface area contributed by atoms with E-state index >= 15 is 0 Å². The summed E-state index contributed by atoms with van der Waals surface area (Å²) in [6.45, 7) is 3.03. The third-order valence-corrected chi connectivity index (χ3v) is 3.72. The fraction of sp³-hybridized carbons (Fsp3) is 0.357. The number of carbonyl (C=O) groups is 1. The fourth-order valence-electron chi connectivity index (χ4n) is 1.73. The van der Waals surface area contributed by atoms with Crippen LogP contribution in [-0.4, -0.2) is 34.6 Å². The minimum atomic E-state index is -0.320. The number of rotatable bonds is 6. The van der Waals surface area contributed by atoms with Crippen molar-refractivity contribution >= 4 is 22.4 Å². The zero-order valence-electron chi connectivity index (χ0n) is 12.0. The van der Waals surface area contributed by atoms with Crippen molar-refractivity contribution in [2.45, 2.75) is 19.9 Å². The number of aromatic nitrogens is 2. The first-order valence-electron chi connectivity index (χ1n) is 6.68. The van der Waals surface area contributed by atoms with Gasteiger partial charge in [-0.1, -0.05) is 36.5 Å². The van der Waals surface area contributed by atoms with E-state index in [0.29, 0.717) is 15.7 Å². The molecule has 2 rings (SSSR count). The summed E-state index contributed by atoms with van der Waals surface area (Å²) in [5.74, 6) is -0.583. The third-order valence-electron chi connectivity index (χ3n) is 2.85. The monoisotopic (exact) mass is 308 g/mol. The van der Waals surface area contributed by atoms with Gasteiger partial charge in [0.05, 0.1) is 0 Å². The maximum atomic E-state index is 13.6. The molecule has 2 aromatic rings. The van der Waals surface area contributed by atoms with Crippen molar-refractivity contribution in [1.29, 1.82) is 0 Å². The van der Waals surface area contributed by atoms with E-state index in [-0.39, 0.29) is 18.3 Å². The first-order chi connectivity index (χ1) is 10.1. The molecular formula is C14H17FN4OS. The van der Waals surface area contributed by atoms with E-state index in [1.54, 1.807) is 25.2 Å². The molecule has 0 aliphatic heterocycles. The fourth-order valence-corrected chi connectivity index (χ4v) is 2.49. The van der Waals surface area contributed by atoms with Gasteiger partial charge in [-0.05, 0) is 12.5 Å². The molecule has 0 bridgehead atoms. The summed E-state index contributed by atoms with van der Waals surface area (Å²) in [4.78, 5) is 13.7. The Bertz CT molecular complexity index is 617. The standard InChI is InChI=1S/C14H17FN4OS/c1-3-8-16-14-18-17-12(21-14)13(20)19(2)9-10-6-4-5-7-11(10)15/h4-7H,3,8-9H2,1-2H3,(H,16,18). The highest BCUT2D eigenvalue weighted by Gasteiger charge is 2.18. The number of halogens is 1. The first kappa shape index (κ1) is 15.4. The summed E-state index contributed by atoms with van der Waals surface area (Å²) in [6.07, 6.45) is 0.968. The van der Waals surface area contributed by atoms with Gasteiger partial charge in [0.2, 0.25) is 10.1 Å². The highest BCUT2D eigenvalue weighted by atomic mass is 32.1. The van der Waals surface area contributed by atoms with Crippen LogP contribution in [0.5, 0.6) is 0 Å². The molecule has 5 nitrogen and oxygen atoms in total. The minimum Gasteiger partial charge on any atom is -0.360 e. The van der Waals surface area contributed by atoms with E-state index in [9.17, 15) is 9.18 Å². The Hall–Kier alpha value is -2.02. The molecule has 1 amide bonds. The van der Waals surface area contributed by atoms with Crippen molar-refractivity contribution in [2.75, 3.05) is 18.9 Å². The summed E-state index contributed by atoms with van der Waals surface area (Å²) in [7, 11) is 1.62. The number of amides is 1. The highest BCUT2D eigenvalue weighted by molar-refractivity contribution is 7.17. The Morgan fingerprint density at radius 3 is 2.86 bits per heavy atom. The van der Waals surface area contributed by atoms with Crippen LogP contribution in [0.1, 0.15) is 28.7 Å². The van der Waals surface area contributed by atoms with E-state index in [1.807, 2.05) is 6.92 Å². The predicted molar refractivity (Wildman–Crippen MR) is 80.9 cm³/mol. The lowest BCUT2D eigenvalue weighted by molar-refractivity contribution is 0.0782. The van der Waals surface area contributed by atoms with Crippen molar-refractivity contribution in [3.8, 4) is 0 Å². The molecule has 0 spiro atoms. The van der Waals surface area contributed by atoms with Crippen LogP contribution in [-0.2, 0) is 6.54 Å². The number of hydrogen-bond acceptors (Lipinski definition) is 5. The molecule has 0 aliphatic rings. The summed E-state index contributed by atoms with van der Waals surface area (Å²) >= 11 is 1.21. The van der Waals surface area contributed by atoms with Gasteiger partial charge in [-0.15, -0.1) is 10.2 Å². The van der Waals surface area contributed by atoms with Crippen molar-refractivity contribution < 1.29 is 9.18 Å². The number of anilines is 1. The van der Waals surface area contributed by atoms with Crippen LogP contribution < -0.4 is 5.32 Å².